The van der Waals surface area contributed by atoms with Crippen LogP contribution in [0.4, 0.5) is 0 Å². The minimum atomic E-state index is -0.283. The standard InChI is InChI=1S/C28H22O3/c1-31-21-15-12-20(13-16-21)27(23-10-4-7-19-8-5-11-24(29)26(19)23)28-22-9-3-2-6-18(22)14-17-25(28)30/h2-17,27,29-30H,1H3. The summed E-state index contributed by atoms with van der Waals surface area (Å²) >= 11 is 0. The minimum absolute atomic E-state index is 0.228. The topological polar surface area (TPSA) is 49.7 Å². The van der Waals surface area contributed by atoms with Crippen LogP contribution in [0.15, 0.2) is 97.1 Å². The second-order valence-corrected chi connectivity index (χ2v) is 7.65. The third kappa shape index (κ3) is 3.24. The molecule has 0 aliphatic carbocycles. The van der Waals surface area contributed by atoms with E-state index in [4.69, 9.17) is 4.74 Å². The van der Waals surface area contributed by atoms with Crippen molar-refractivity contribution in [2.45, 2.75) is 5.92 Å². The van der Waals surface area contributed by atoms with E-state index >= 15 is 0 Å². The maximum atomic E-state index is 11.1. The van der Waals surface area contributed by atoms with Crippen molar-refractivity contribution in [3.05, 3.63) is 114 Å². The first-order valence-corrected chi connectivity index (χ1v) is 10.2. The molecule has 5 aromatic rings. The van der Waals surface area contributed by atoms with Crippen LogP contribution >= 0.6 is 0 Å². The molecule has 0 saturated carbocycles. The first kappa shape index (κ1) is 19.0. The van der Waals surface area contributed by atoms with Crippen LogP contribution in [0.1, 0.15) is 22.6 Å². The van der Waals surface area contributed by atoms with Gasteiger partial charge in [0.1, 0.15) is 17.2 Å². The fraction of sp³-hybridized carbons (Fsp3) is 0.0714. The first-order valence-electron chi connectivity index (χ1n) is 10.2. The highest BCUT2D eigenvalue weighted by Crippen LogP contribution is 2.45. The lowest BCUT2D eigenvalue weighted by Crippen LogP contribution is -2.06. The van der Waals surface area contributed by atoms with E-state index in [1.807, 2.05) is 84.9 Å². The molecule has 1 atom stereocenters. The molecular formula is C28H22O3. The third-order valence-electron chi connectivity index (χ3n) is 5.91. The van der Waals surface area contributed by atoms with Gasteiger partial charge in [0.2, 0.25) is 0 Å². The van der Waals surface area contributed by atoms with Crippen LogP contribution in [0.25, 0.3) is 21.5 Å². The predicted molar refractivity (Wildman–Crippen MR) is 125 cm³/mol. The van der Waals surface area contributed by atoms with E-state index in [0.29, 0.717) is 0 Å². The van der Waals surface area contributed by atoms with E-state index in [0.717, 1.165) is 44.0 Å². The van der Waals surface area contributed by atoms with Crippen molar-refractivity contribution in [1.82, 2.24) is 0 Å². The molecule has 0 spiro atoms. The van der Waals surface area contributed by atoms with Gasteiger partial charge in [0.15, 0.2) is 0 Å². The number of aromatic hydroxyl groups is 2. The predicted octanol–water partition coefficient (Wildman–Crippen LogP) is 6.59. The molecule has 0 saturated heterocycles. The molecule has 5 rings (SSSR count). The van der Waals surface area contributed by atoms with Crippen LogP contribution in [-0.2, 0) is 0 Å². The Hall–Kier alpha value is -3.98. The van der Waals surface area contributed by atoms with Gasteiger partial charge in [-0.05, 0) is 51.6 Å². The number of rotatable bonds is 4. The zero-order valence-electron chi connectivity index (χ0n) is 17.1. The van der Waals surface area contributed by atoms with Gasteiger partial charge in [-0.1, -0.05) is 72.8 Å². The highest BCUT2D eigenvalue weighted by molar-refractivity contribution is 5.95. The monoisotopic (exact) mass is 406 g/mol. The van der Waals surface area contributed by atoms with Gasteiger partial charge in [0.25, 0.3) is 0 Å². The zero-order valence-corrected chi connectivity index (χ0v) is 17.1. The summed E-state index contributed by atoms with van der Waals surface area (Å²) < 4.78 is 5.35. The number of ether oxygens (including phenoxy) is 1. The molecular weight excluding hydrogens is 384 g/mol. The highest BCUT2D eigenvalue weighted by Gasteiger charge is 2.25. The summed E-state index contributed by atoms with van der Waals surface area (Å²) in [5.74, 6) is 0.942. The average molecular weight is 406 g/mol. The van der Waals surface area contributed by atoms with Crippen molar-refractivity contribution >= 4 is 21.5 Å². The van der Waals surface area contributed by atoms with Crippen LogP contribution in [0.3, 0.4) is 0 Å². The van der Waals surface area contributed by atoms with Gasteiger partial charge in [0.05, 0.1) is 7.11 Å². The molecule has 0 aliphatic heterocycles. The van der Waals surface area contributed by atoms with E-state index in [9.17, 15) is 10.2 Å². The van der Waals surface area contributed by atoms with E-state index in [1.165, 1.54) is 0 Å². The first-order chi connectivity index (χ1) is 15.2. The zero-order chi connectivity index (χ0) is 21.4. The van der Waals surface area contributed by atoms with Crippen LogP contribution in [0, 0.1) is 0 Å². The molecule has 0 aliphatic rings. The van der Waals surface area contributed by atoms with Crippen molar-refractivity contribution in [3.8, 4) is 17.2 Å². The summed E-state index contributed by atoms with van der Waals surface area (Å²) in [6.07, 6.45) is 0. The Labute approximate surface area is 180 Å². The largest absolute Gasteiger partial charge is 0.508 e. The summed E-state index contributed by atoms with van der Waals surface area (Å²) in [6, 6.07) is 31.2. The Morgan fingerprint density at radius 3 is 2.13 bits per heavy atom. The van der Waals surface area contributed by atoms with Gasteiger partial charge in [-0.2, -0.15) is 0 Å². The van der Waals surface area contributed by atoms with Crippen LogP contribution in [-0.4, -0.2) is 17.3 Å². The fourth-order valence-corrected chi connectivity index (χ4v) is 4.48. The maximum absolute atomic E-state index is 11.1. The Morgan fingerprint density at radius 2 is 1.35 bits per heavy atom. The maximum Gasteiger partial charge on any atom is 0.123 e. The van der Waals surface area contributed by atoms with Crippen LogP contribution in [0.2, 0.25) is 0 Å². The number of phenolic OH excluding ortho intramolecular Hbond substituents is 2. The lowest BCUT2D eigenvalue weighted by Gasteiger charge is -2.24. The summed E-state index contributed by atoms with van der Waals surface area (Å²) in [5, 5.41) is 25.6. The molecule has 0 amide bonds. The Bertz CT molecular complexity index is 1380. The average Bonchev–Trinajstić information content (AvgIpc) is 2.81. The Kier molecular flexibility index (Phi) is 4.72. The number of benzene rings is 5. The molecule has 0 heterocycles. The lowest BCUT2D eigenvalue weighted by molar-refractivity contribution is 0.414. The Morgan fingerprint density at radius 1 is 0.645 bits per heavy atom. The molecule has 0 fully saturated rings. The number of hydrogen-bond donors (Lipinski definition) is 2. The highest BCUT2D eigenvalue weighted by atomic mass is 16.5. The van der Waals surface area contributed by atoms with Crippen molar-refractivity contribution in [2.24, 2.45) is 0 Å². The molecule has 2 N–H and O–H groups in total. The van der Waals surface area contributed by atoms with Crippen LogP contribution < -0.4 is 4.74 Å². The van der Waals surface area contributed by atoms with Crippen LogP contribution in [0.5, 0.6) is 17.2 Å². The van der Waals surface area contributed by atoms with Crippen molar-refractivity contribution < 1.29 is 14.9 Å². The molecule has 0 bridgehead atoms. The molecule has 3 heteroatoms. The molecule has 31 heavy (non-hydrogen) atoms. The number of hydrogen-bond acceptors (Lipinski definition) is 3. The van der Waals surface area contributed by atoms with Gasteiger partial charge < -0.3 is 14.9 Å². The Balaban J connectivity index is 1.88. The van der Waals surface area contributed by atoms with Gasteiger partial charge in [0, 0.05) is 16.9 Å². The molecule has 5 aromatic carbocycles. The number of phenols is 2. The van der Waals surface area contributed by atoms with Gasteiger partial charge in [-0.15, -0.1) is 0 Å². The smallest absolute Gasteiger partial charge is 0.123 e. The van der Waals surface area contributed by atoms with E-state index < -0.39 is 0 Å². The lowest BCUT2D eigenvalue weighted by atomic mass is 9.80. The summed E-state index contributed by atoms with van der Waals surface area (Å²) in [6.45, 7) is 0. The molecule has 1 unspecified atom stereocenters. The molecule has 3 nitrogen and oxygen atoms in total. The second-order valence-electron chi connectivity index (χ2n) is 7.65. The van der Waals surface area contributed by atoms with Crippen molar-refractivity contribution in [2.75, 3.05) is 7.11 Å². The van der Waals surface area contributed by atoms with Gasteiger partial charge in [-0.3, -0.25) is 0 Å². The van der Waals surface area contributed by atoms with Gasteiger partial charge >= 0.3 is 0 Å². The van der Waals surface area contributed by atoms with E-state index in [-0.39, 0.29) is 17.4 Å². The second kappa shape index (κ2) is 7.69. The number of fused-ring (bicyclic) bond motifs is 2. The van der Waals surface area contributed by atoms with E-state index in [2.05, 4.69) is 0 Å². The minimum Gasteiger partial charge on any atom is -0.508 e. The fourth-order valence-electron chi connectivity index (χ4n) is 4.48. The van der Waals surface area contributed by atoms with Crippen molar-refractivity contribution in [1.29, 1.82) is 0 Å². The quantitative estimate of drug-likeness (QED) is 0.331. The molecule has 0 radical (unpaired) electrons. The SMILES string of the molecule is COc1ccc(C(c2c(O)ccc3ccccc23)c2cccc3cccc(O)c23)cc1. The third-order valence-corrected chi connectivity index (χ3v) is 5.91. The van der Waals surface area contributed by atoms with E-state index in [1.54, 1.807) is 19.2 Å². The summed E-state index contributed by atoms with van der Waals surface area (Å²) in [7, 11) is 1.64. The normalized spacial score (nSPS) is 12.2. The summed E-state index contributed by atoms with van der Waals surface area (Å²) in [4.78, 5) is 0. The molecule has 152 valence electrons. The number of methoxy groups -OCH3 is 1. The van der Waals surface area contributed by atoms with Gasteiger partial charge in [-0.25, -0.2) is 0 Å². The van der Waals surface area contributed by atoms with Crippen molar-refractivity contribution in [3.63, 3.8) is 0 Å². The summed E-state index contributed by atoms with van der Waals surface area (Å²) in [5.41, 5.74) is 2.76. The molecule has 0 aromatic heterocycles.